The van der Waals surface area contributed by atoms with Crippen LogP contribution in [-0.4, -0.2) is 21.7 Å². The minimum atomic E-state index is -0.261. The molecule has 22 heavy (non-hydrogen) atoms. The number of nitrogens with zero attached hydrogens (tertiary/aromatic N) is 2. The smallest absolute Gasteiger partial charge is 0.259 e. The Balaban J connectivity index is 2.17. The number of hydrogen-bond donors (Lipinski definition) is 1. The lowest BCUT2D eigenvalue weighted by Crippen LogP contribution is -2.15. The summed E-state index contributed by atoms with van der Waals surface area (Å²) in [5, 5.41) is 2.78. The van der Waals surface area contributed by atoms with Gasteiger partial charge in [-0.1, -0.05) is 13.8 Å². The summed E-state index contributed by atoms with van der Waals surface area (Å²) in [6.07, 6.45) is 1.55. The third-order valence-corrected chi connectivity index (χ3v) is 3.31. The van der Waals surface area contributed by atoms with Gasteiger partial charge in [0.25, 0.3) is 5.91 Å². The van der Waals surface area contributed by atoms with E-state index in [1.54, 1.807) is 37.4 Å². The number of rotatable bonds is 4. The number of hydrogen-bond acceptors (Lipinski definition) is 4. The number of amides is 1. The first-order valence-electron chi connectivity index (χ1n) is 7.14. The first-order valence-corrected chi connectivity index (χ1v) is 7.14. The molecule has 5 heteroatoms. The van der Waals surface area contributed by atoms with Crippen LogP contribution in [0, 0.1) is 6.92 Å². The van der Waals surface area contributed by atoms with Crippen molar-refractivity contribution < 1.29 is 9.59 Å². The molecule has 0 radical (unpaired) electrons. The predicted octanol–water partition coefficient (Wildman–Crippen LogP) is 3.36. The normalized spacial score (nSPS) is 10.6. The van der Waals surface area contributed by atoms with Crippen LogP contribution in [0.15, 0.2) is 30.5 Å². The van der Waals surface area contributed by atoms with E-state index in [2.05, 4.69) is 15.3 Å². The van der Waals surface area contributed by atoms with Crippen molar-refractivity contribution in [2.75, 3.05) is 5.32 Å². The van der Waals surface area contributed by atoms with Crippen LogP contribution in [0.3, 0.4) is 0 Å². The second-order valence-electron chi connectivity index (χ2n) is 5.47. The highest BCUT2D eigenvalue weighted by atomic mass is 16.1. The lowest BCUT2D eigenvalue weighted by Gasteiger charge is -2.10. The number of anilines is 1. The molecule has 0 bridgehead atoms. The third-order valence-electron chi connectivity index (χ3n) is 3.31. The summed E-state index contributed by atoms with van der Waals surface area (Å²) in [6.45, 7) is 7.31. The maximum atomic E-state index is 12.3. The standard InChI is InChI=1S/C17H19N3O2/c1-10(2)16-18-9-15(11(3)19-16)17(22)20-14-7-5-13(6-8-14)12(4)21/h5-10H,1-4H3,(H,20,22). The Morgan fingerprint density at radius 3 is 2.27 bits per heavy atom. The van der Waals surface area contributed by atoms with Gasteiger partial charge in [-0.3, -0.25) is 9.59 Å². The van der Waals surface area contributed by atoms with Gasteiger partial charge in [-0.15, -0.1) is 0 Å². The molecule has 0 saturated carbocycles. The fourth-order valence-corrected chi connectivity index (χ4v) is 1.97. The van der Waals surface area contributed by atoms with Crippen LogP contribution in [0.2, 0.25) is 0 Å². The Morgan fingerprint density at radius 1 is 1.14 bits per heavy atom. The first-order chi connectivity index (χ1) is 10.4. The first kappa shape index (κ1) is 15.8. The van der Waals surface area contributed by atoms with Gasteiger partial charge in [0.1, 0.15) is 5.82 Å². The molecule has 0 aliphatic rings. The molecule has 1 aromatic heterocycles. The van der Waals surface area contributed by atoms with E-state index >= 15 is 0 Å². The molecule has 0 fully saturated rings. The molecule has 5 nitrogen and oxygen atoms in total. The van der Waals surface area contributed by atoms with Gasteiger partial charge in [-0.25, -0.2) is 9.97 Å². The zero-order valence-electron chi connectivity index (χ0n) is 13.2. The summed E-state index contributed by atoms with van der Waals surface area (Å²) in [4.78, 5) is 32.1. The molecule has 0 unspecified atom stereocenters. The number of nitrogens with one attached hydrogen (secondary N) is 1. The second kappa shape index (κ2) is 6.47. The summed E-state index contributed by atoms with van der Waals surface area (Å²) >= 11 is 0. The summed E-state index contributed by atoms with van der Waals surface area (Å²) in [6, 6.07) is 6.77. The lowest BCUT2D eigenvalue weighted by atomic mass is 10.1. The Bertz CT molecular complexity index is 706. The number of benzene rings is 1. The van der Waals surface area contributed by atoms with Crippen molar-refractivity contribution in [2.24, 2.45) is 0 Å². The van der Waals surface area contributed by atoms with E-state index in [-0.39, 0.29) is 17.6 Å². The number of aromatic nitrogens is 2. The molecule has 1 N–H and O–H groups in total. The van der Waals surface area contributed by atoms with Crippen molar-refractivity contribution in [3.05, 3.63) is 53.1 Å². The second-order valence-corrected chi connectivity index (χ2v) is 5.47. The van der Waals surface area contributed by atoms with Crippen LogP contribution < -0.4 is 5.32 Å². The van der Waals surface area contributed by atoms with Gasteiger partial charge in [0, 0.05) is 23.4 Å². The number of carbonyl (C=O) groups is 2. The zero-order valence-corrected chi connectivity index (χ0v) is 13.2. The molecule has 1 amide bonds. The molecule has 1 aromatic carbocycles. The molecule has 1 heterocycles. The molecule has 2 rings (SSSR count). The Morgan fingerprint density at radius 2 is 1.77 bits per heavy atom. The molecule has 0 aliphatic carbocycles. The summed E-state index contributed by atoms with van der Waals surface area (Å²) in [7, 11) is 0. The average molecular weight is 297 g/mol. The molecular formula is C17H19N3O2. The third kappa shape index (κ3) is 3.55. The number of aryl methyl sites for hydroxylation is 1. The quantitative estimate of drug-likeness (QED) is 0.878. The van der Waals surface area contributed by atoms with Crippen LogP contribution in [0.1, 0.15) is 58.9 Å². The van der Waals surface area contributed by atoms with Gasteiger partial charge in [-0.2, -0.15) is 0 Å². The van der Waals surface area contributed by atoms with Gasteiger partial charge in [0.05, 0.1) is 11.3 Å². The van der Waals surface area contributed by atoms with Gasteiger partial charge in [0.2, 0.25) is 0 Å². The van der Waals surface area contributed by atoms with Crippen molar-refractivity contribution >= 4 is 17.4 Å². The van der Waals surface area contributed by atoms with Gasteiger partial charge < -0.3 is 5.32 Å². The van der Waals surface area contributed by atoms with Crippen molar-refractivity contribution in [1.29, 1.82) is 0 Å². The summed E-state index contributed by atoms with van der Waals surface area (Å²) in [5.41, 5.74) is 2.33. The van der Waals surface area contributed by atoms with Crippen molar-refractivity contribution in [3.8, 4) is 0 Å². The highest BCUT2D eigenvalue weighted by molar-refractivity contribution is 6.05. The molecular weight excluding hydrogens is 278 g/mol. The molecule has 2 aromatic rings. The minimum Gasteiger partial charge on any atom is -0.322 e. The molecule has 0 spiro atoms. The predicted molar refractivity (Wildman–Crippen MR) is 85.3 cm³/mol. The highest BCUT2D eigenvalue weighted by Gasteiger charge is 2.13. The Labute approximate surface area is 129 Å². The molecule has 0 atom stereocenters. The fraction of sp³-hybridized carbons (Fsp3) is 0.294. The SMILES string of the molecule is CC(=O)c1ccc(NC(=O)c2cnc(C(C)C)nc2C)cc1. The van der Waals surface area contributed by atoms with Crippen LogP contribution in [0.25, 0.3) is 0 Å². The Kier molecular flexibility index (Phi) is 4.65. The highest BCUT2D eigenvalue weighted by Crippen LogP contribution is 2.15. The maximum absolute atomic E-state index is 12.3. The van der Waals surface area contributed by atoms with E-state index in [0.717, 1.165) is 5.82 Å². The molecule has 114 valence electrons. The van der Waals surface area contributed by atoms with Crippen molar-refractivity contribution in [2.45, 2.75) is 33.6 Å². The van der Waals surface area contributed by atoms with E-state index in [0.29, 0.717) is 22.5 Å². The maximum Gasteiger partial charge on any atom is 0.259 e. The zero-order chi connectivity index (χ0) is 16.3. The van der Waals surface area contributed by atoms with Gasteiger partial charge in [0.15, 0.2) is 5.78 Å². The van der Waals surface area contributed by atoms with E-state index in [4.69, 9.17) is 0 Å². The van der Waals surface area contributed by atoms with Crippen molar-refractivity contribution in [3.63, 3.8) is 0 Å². The van der Waals surface area contributed by atoms with E-state index in [1.165, 1.54) is 6.92 Å². The van der Waals surface area contributed by atoms with Crippen LogP contribution in [0.5, 0.6) is 0 Å². The molecule has 0 aliphatic heterocycles. The van der Waals surface area contributed by atoms with Crippen LogP contribution in [-0.2, 0) is 0 Å². The van der Waals surface area contributed by atoms with Crippen LogP contribution >= 0.6 is 0 Å². The van der Waals surface area contributed by atoms with E-state index in [1.807, 2.05) is 13.8 Å². The van der Waals surface area contributed by atoms with Crippen molar-refractivity contribution in [1.82, 2.24) is 9.97 Å². The number of ketones is 1. The largest absolute Gasteiger partial charge is 0.322 e. The summed E-state index contributed by atoms with van der Waals surface area (Å²) in [5.74, 6) is 0.671. The number of Topliss-reactive ketones (excluding diaryl/α,β-unsaturated/α-hetero) is 1. The Hall–Kier alpha value is -2.56. The summed E-state index contributed by atoms with van der Waals surface area (Å²) < 4.78 is 0. The van der Waals surface area contributed by atoms with E-state index < -0.39 is 0 Å². The van der Waals surface area contributed by atoms with Crippen LogP contribution in [0.4, 0.5) is 5.69 Å². The fourth-order valence-electron chi connectivity index (χ4n) is 1.97. The average Bonchev–Trinajstić information content (AvgIpc) is 2.47. The number of carbonyl (C=O) groups excluding carboxylic acids is 2. The molecule has 0 saturated heterocycles. The lowest BCUT2D eigenvalue weighted by molar-refractivity contribution is 0.101. The van der Waals surface area contributed by atoms with Gasteiger partial charge >= 0.3 is 0 Å². The van der Waals surface area contributed by atoms with Gasteiger partial charge in [-0.05, 0) is 38.1 Å². The van der Waals surface area contributed by atoms with E-state index in [9.17, 15) is 9.59 Å². The monoisotopic (exact) mass is 297 g/mol. The minimum absolute atomic E-state index is 0.00797. The topological polar surface area (TPSA) is 72.0 Å².